The van der Waals surface area contributed by atoms with Gasteiger partial charge in [-0.15, -0.1) is 0 Å². The zero-order valence-corrected chi connectivity index (χ0v) is 13.2. The summed E-state index contributed by atoms with van der Waals surface area (Å²) in [4.78, 5) is -0.208. The van der Waals surface area contributed by atoms with Crippen LogP contribution in [0.5, 0.6) is 5.75 Å². The highest BCUT2D eigenvalue weighted by Crippen LogP contribution is 2.32. The van der Waals surface area contributed by atoms with Gasteiger partial charge >= 0.3 is 0 Å². The normalized spacial score (nSPS) is 11.4. The Balaban J connectivity index is 2.44. The second-order valence-electron chi connectivity index (χ2n) is 3.99. The molecule has 2 aromatic rings. The van der Waals surface area contributed by atoms with E-state index in [4.69, 9.17) is 34.8 Å². The van der Waals surface area contributed by atoms with Crippen molar-refractivity contribution >= 4 is 50.5 Å². The lowest BCUT2D eigenvalue weighted by atomic mass is 10.3. The van der Waals surface area contributed by atoms with Crippen LogP contribution in [-0.4, -0.2) is 13.5 Å². The molecule has 112 valence electrons. The molecule has 0 aromatic heterocycles. The van der Waals surface area contributed by atoms with Crippen LogP contribution in [-0.2, 0) is 10.0 Å². The van der Waals surface area contributed by atoms with Gasteiger partial charge in [0.15, 0.2) is 0 Å². The fourth-order valence-corrected chi connectivity index (χ4v) is 3.46. The Labute approximate surface area is 135 Å². The van der Waals surface area contributed by atoms with Crippen molar-refractivity contribution in [3.8, 4) is 5.75 Å². The lowest BCUT2D eigenvalue weighted by Gasteiger charge is -2.11. The van der Waals surface area contributed by atoms with E-state index in [1.807, 2.05) is 0 Å². The summed E-state index contributed by atoms with van der Waals surface area (Å²) < 4.78 is 39.6. The van der Waals surface area contributed by atoms with Gasteiger partial charge in [0.2, 0.25) is 0 Å². The van der Waals surface area contributed by atoms with Crippen LogP contribution in [0.2, 0.25) is 15.1 Å². The van der Waals surface area contributed by atoms with Gasteiger partial charge in [-0.3, -0.25) is 4.72 Å². The molecule has 0 amide bonds. The summed E-state index contributed by atoms with van der Waals surface area (Å²) in [5.74, 6) is -1.48. The molecule has 9 heteroatoms. The number of aromatic hydroxyl groups is 1. The first-order valence-corrected chi connectivity index (χ1v) is 7.97. The van der Waals surface area contributed by atoms with E-state index in [0.717, 1.165) is 6.07 Å². The smallest absolute Gasteiger partial charge is 0.262 e. The molecule has 0 saturated heterocycles. The summed E-state index contributed by atoms with van der Waals surface area (Å²) in [5, 5.41) is 9.48. The monoisotopic (exact) mass is 369 g/mol. The second-order valence-corrected chi connectivity index (χ2v) is 6.96. The average Bonchev–Trinajstić information content (AvgIpc) is 2.34. The third-order valence-electron chi connectivity index (χ3n) is 2.43. The number of anilines is 1. The van der Waals surface area contributed by atoms with Gasteiger partial charge < -0.3 is 5.11 Å². The fourth-order valence-electron chi connectivity index (χ4n) is 1.51. The van der Waals surface area contributed by atoms with Crippen LogP contribution in [0.4, 0.5) is 10.1 Å². The minimum absolute atomic E-state index is 0.129. The first-order valence-electron chi connectivity index (χ1n) is 5.36. The highest BCUT2D eigenvalue weighted by atomic mass is 35.5. The molecule has 0 saturated carbocycles. The van der Waals surface area contributed by atoms with E-state index in [9.17, 15) is 17.9 Å². The molecule has 0 aliphatic rings. The van der Waals surface area contributed by atoms with Gasteiger partial charge in [0, 0.05) is 16.1 Å². The summed E-state index contributed by atoms with van der Waals surface area (Å²) in [6.45, 7) is 0. The predicted molar refractivity (Wildman–Crippen MR) is 80.3 cm³/mol. The molecule has 2 N–H and O–H groups in total. The Morgan fingerprint density at radius 3 is 2.14 bits per heavy atom. The molecule has 0 heterocycles. The van der Waals surface area contributed by atoms with Crippen molar-refractivity contribution in [2.45, 2.75) is 4.90 Å². The summed E-state index contributed by atoms with van der Waals surface area (Å²) in [6, 6.07) is 5.38. The molecule has 21 heavy (non-hydrogen) atoms. The van der Waals surface area contributed by atoms with E-state index in [1.54, 1.807) is 0 Å². The summed E-state index contributed by atoms with van der Waals surface area (Å²) >= 11 is 17.0. The van der Waals surface area contributed by atoms with Gasteiger partial charge in [-0.05, 0) is 24.3 Å². The number of nitrogens with one attached hydrogen (secondary N) is 1. The lowest BCUT2D eigenvalue weighted by molar-refractivity contribution is 0.471. The quantitative estimate of drug-likeness (QED) is 0.792. The van der Waals surface area contributed by atoms with Gasteiger partial charge in [-0.1, -0.05) is 34.8 Å². The molecule has 0 fully saturated rings. The van der Waals surface area contributed by atoms with E-state index in [1.165, 1.54) is 18.2 Å². The Kier molecular flexibility index (Phi) is 4.53. The SMILES string of the molecule is O=S(=O)(Nc1cc(Cl)c(F)cc1O)c1cc(Cl)cc(Cl)c1. The molecule has 0 unspecified atom stereocenters. The van der Waals surface area contributed by atoms with Crippen molar-refractivity contribution in [3.63, 3.8) is 0 Å². The minimum atomic E-state index is -4.07. The van der Waals surface area contributed by atoms with Crippen LogP contribution in [0, 0.1) is 5.82 Å². The van der Waals surface area contributed by atoms with Crippen LogP contribution in [0.25, 0.3) is 0 Å². The molecule has 0 radical (unpaired) electrons. The van der Waals surface area contributed by atoms with Crippen molar-refractivity contribution in [2.24, 2.45) is 0 Å². The Morgan fingerprint density at radius 2 is 1.57 bits per heavy atom. The van der Waals surface area contributed by atoms with Crippen LogP contribution in [0.1, 0.15) is 0 Å². The summed E-state index contributed by atoms with van der Waals surface area (Å²) in [6.07, 6.45) is 0. The predicted octanol–water partition coefficient (Wildman–Crippen LogP) is 4.29. The number of halogens is 4. The van der Waals surface area contributed by atoms with Crippen LogP contribution in [0.15, 0.2) is 35.2 Å². The number of hydrogen-bond donors (Lipinski definition) is 2. The Hall–Kier alpha value is -1.21. The number of phenols is 1. The van der Waals surface area contributed by atoms with Crippen molar-refractivity contribution in [2.75, 3.05) is 4.72 Å². The summed E-state index contributed by atoms with van der Waals surface area (Å²) in [5.41, 5.74) is -0.266. The number of sulfonamides is 1. The van der Waals surface area contributed by atoms with E-state index < -0.39 is 21.6 Å². The third kappa shape index (κ3) is 3.71. The van der Waals surface area contributed by atoms with Crippen LogP contribution < -0.4 is 4.72 Å². The molecular weight excluding hydrogens is 364 g/mol. The maximum Gasteiger partial charge on any atom is 0.262 e. The van der Waals surface area contributed by atoms with Crippen LogP contribution in [0.3, 0.4) is 0 Å². The molecule has 0 atom stereocenters. The first kappa shape index (κ1) is 16.2. The van der Waals surface area contributed by atoms with E-state index >= 15 is 0 Å². The maximum absolute atomic E-state index is 13.1. The minimum Gasteiger partial charge on any atom is -0.506 e. The molecule has 0 aliphatic carbocycles. The van der Waals surface area contributed by atoms with E-state index in [0.29, 0.717) is 6.07 Å². The van der Waals surface area contributed by atoms with Crippen molar-refractivity contribution in [1.82, 2.24) is 0 Å². The largest absolute Gasteiger partial charge is 0.506 e. The number of benzene rings is 2. The molecule has 4 nitrogen and oxygen atoms in total. The third-order valence-corrected chi connectivity index (χ3v) is 4.50. The zero-order chi connectivity index (χ0) is 15.8. The van der Waals surface area contributed by atoms with E-state index in [2.05, 4.69) is 4.72 Å². The number of hydrogen-bond acceptors (Lipinski definition) is 3. The standard InChI is InChI=1S/C12H7Cl3FNO3S/c13-6-1-7(14)3-8(2-6)21(19,20)17-11-4-9(15)10(16)5-12(11)18/h1-5,17-18H. The number of rotatable bonds is 3. The van der Waals surface area contributed by atoms with Gasteiger partial charge in [0.1, 0.15) is 11.6 Å². The molecule has 0 bridgehead atoms. The second kappa shape index (κ2) is 5.88. The average molecular weight is 371 g/mol. The van der Waals surface area contributed by atoms with Gasteiger partial charge in [-0.25, -0.2) is 12.8 Å². The molecule has 2 rings (SSSR count). The maximum atomic E-state index is 13.1. The first-order chi connectivity index (χ1) is 9.69. The highest BCUT2D eigenvalue weighted by molar-refractivity contribution is 7.92. The lowest BCUT2D eigenvalue weighted by Crippen LogP contribution is -2.13. The van der Waals surface area contributed by atoms with Crippen molar-refractivity contribution in [1.29, 1.82) is 0 Å². The van der Waals surface area contributed by atoms with E-state index in [-0.39, 0.29) is 25.7 Å². The van der Waals surface area contributed by atoms with Gasteiger partial charge in [-0.2, -0.15) is 0 Å². The summed E-state index contributed by atoms with van der Waals surface area (Å²) in [7, 11) is -4.07. The molecular formula is C12H7Cl3FNO3S. The van der Waals surface area contributed by atoms with Crippen LogP contribution >= 0.6 is 34.8 Å². The molecule has 2 aromatic carbocycles. The van der Waals surface area contributed by atoms with Gasteiger partial charge in [0.25, 0.3) is 10.0 Å². The topological polar surface area (TPSA) is 66.4 Å². The van der Waals surface area contributed by atoms with Crippen molar-refractivity contribution < 1.29 is 17.9 Å². The molecule has 0 spiro atoms. The molecule has 0 aliphatic heterocycles. The van der Waals surface area contributed by atoms with Crippen molar-refractivity contribution in [3.05, 3.63) is 51.2 Å². The highest BCUT2D eigenvalue weighted by Gasteiger charge is 2.18. The Morgan fingerprint density at radius 1 is 1.00 bits per heavy atom. The fraction of sp³-hybridized carbons (Fsp3) is 0. The van der Waals surface area contributed by atoms with Gasteiger partial charge in [0.05, 0.1) is 15.6 Å². The number of phenolic OH excluding ortho intramolecular Hbond substituents is 1. The Bertz CT molecular complexity index is 791. The zero-order valence-electron chi connectivity index (χ0n) is 10.1.